The summed E-state index contributed by atoms with van der Waals surface area (Å²) in [6.07, 6.45) is 1.78. The summed E-state index contributed by atoms with van der Waals surface area (Å²) in [6.45, 7) is 4.02. The van der Waals surface area contributed by atoms with Gasteiger partial charge in [-0.2, -0.15) is 0 Å². The second-order valence-electron chi connectivity index (χ2n) is 2.60. The van der Waals surface area contributed by atoms with Gasteiger partial charge >= 0.3 is 5.97 Å². The van der Waals surface area contributed by atoms with Crippen LogP contribution < -0.4 is 0 Å². The summed E-state index contributed by atoms with van der Waals surface area (Å²) in [7, 11) is 0. The highest BCUT2D eigenvalue weighted by Gasteiger charge is 2.05. The van der Waals surface area contributed by atoms with Gasteiger partial charge in [0.05, 0.1) is 6.61 Å². The minimum atomic E-state index is -0.284. The van der Waals surface area contributed by atoms with Gasteiger partial charge in [-0.15, -0.1) is 0 Å². The molecule has 0 aliphatic heterocycles. The first-order valence-corrected chi connectivity index (χ1v) is 4.16. The summed E-state index contributed by atoms with van der Waals surface area (Å²) < 4.78 is 4.77. The number of aromatic nitrogens is 2. The molecule has 0 fully saturated rings. The molecule has 70 valence electrons. The first-order valence-electron chi connectivity index (χ1n) is 4.16. The number of hydrogen-bond acceptors (Lipinski definition) is 4. The van der Waals surface area contributed by atoms with E-state index in [-0.39, 0.29) is 12.4 Å². The fourth-order valence-corrected chi connectivity index (χ4v) is 0.927. The molecular formula is C9H12N2O2. The van der Waals surface area contributed by atoms with Crippen molar-refractivity contribution in [3.05, 3.63) is 23.8 Å². The summed E-state index contributed by atoms with van der Waals surface area (Å²) in [6, 6.07) is 1.79. The van der Waals surface area contributed by atoms with Crippen LogP contribution in [0.5, 0.6) is 0 Å². The van der Waals surface area contributed by atoms with Gasteiger partial charge < -0.3 is 4.74 Å². The normalized spacial score (nSPS) is 9.69. The van der Waals surface area contributed by atoms with Crippen LogP contribution in [0.25, 0.3) is 0 Å². The van der Waals surface area contributed by atoms with Crippen LogP contribution in [0, 0.1) is 6.92 Å². The topological polar surface area (TPSA) is 52.1 Å². The maximum atomic E-state index is 11.0. The first-order chi connectivity index (χ1) is 6.22. The third-order valence-corrected chi connectivity index (χ3v) is 1.45. The Morgan fingerprint density at radius 3 is 3.00 bits per heavy atom. The number of hydrogen-bond donors (Lipinski definition) is 0. The third kappa shape index (κ3) is 3.19. The van der Waals surface area contributed by atoms with Crippen LogP contribution in [0.1, 0.15) is 18.4 Å². The van der Waals surface area contributed by atoms with Gasteiger partial charge in [0, 0.05) is 11.9 Å². The van der Waals surface area contributed by atoms with Crippen LogP contribution in [0.4, 0.5) is 0 Å². The van der Waals surface area contributed by atoms with Gasteiger partial charge in [-0.1, -0.05) is 0 Å². The van der Waals surface area contributed by atoms with Crippen LogP contribution in [0.2, 0.25) is 0 Å². The lowest BCUT2D eigenvalue weighted by molar-refractivity contribution is -0.142. The monoisotopic (exact) mass is 180 g/mol. The van der Waals surface area contributed by atoms with E-state index >= 15 is 0 Å². The van der Waals surface area contributed by atoms with E-state index in [1.807, 2.05) is 6.92 Å². The number of carbonyl (C=O) groups is 1. The molecule has 1 heterocycles. The standard InChI is InChI=1S/C9H12N2O2/c1-3-13-9(12)6-8-10-5-4-7(2)11-8/h4-5H,3,6H2,1-2H3. The molecule has 4 nitrogen and oxygen atoms in total. The van der Waals surface area contributed by atoms with Crippen LogP contribution in [0.3, 0.4) is 0 Å². The Hall–Kier alpha value is -1.45. The highest BCUT2D eigenvalue weighted by Crippen LogP contribution is 1.95. The lowest BCUT2D eigenvalue weighted by atomic mass is 10.3. The second kappa shape index (κ2) is 4.54. The zero-order chi connectivity index (χ0) is 9.68. The van der Waals surface area contributed by atoms with Crippen molar-refractivity contribution < 1.29 is 9.53 Å². The first kappa shape index (κ1) is 9.64. The Bertz CT molecular complexity index is 299. The SMILES string of the molecule is CCOC(=O)Cc1nccc(C)n1. The smallest absolute Gasteiger partial charge is 0.313 e. The van der Waals surface area contributed by atoms with Crippen molar-refractivity contribution in [2.24, 2.45) is 0 Å². The number of esters is 1. The lowest BCUT2D eigenvalue weighted by Gasteiger charge is -2.00. The van der Waals surface area contributed by atoms with Gasteiger partial charge in [0.25, 0.3) is 0 Å². The molecule has 1 rings (SSSR count). The molecule has 0 saturated heterocycles. The Labute approximate surface area is 77.0 Å². The van der Waals surface area contributed by atoms with E-state index in [1.165, 1.54) is 0 Å². The fraction of sp³-hybridized carbons (Fsp3) is 0.444. The minimum absolute atomic E-state index is 0.148. The van der Waals surface area contributed by atoms with Crippen molar-refractivity contribution in [3.63, 3.8) is 0 Å². The van der Waals surface area contributed by atoms with Crippen molar-refractivity contribution in [2.75, 3.05) is 6.61 Å². The predicted molar refractivity (Wildman–Crippen MR) is 47.1 cm³/mol. The highest BCUT2D eigenvalue weighted by atomic mass is 16.5. The minimum Gasteiger partial charge on any atom is -0.466 e. The van der Waals surface area contributed by atoms with Gasteiger partial charge in [-0.25, -0.2) is 9.97 Å². The average Bonchev–Trinajstić information content (AvgIpc) is 2.04. The van der Waals surface area contributed by atoms with Crippen molar-refractivity contribution in [2.45, 2.75) is 20.3 Å². The Balaban J connectivity index is 2.58. The molecule has 0 aromatic carbocycles. The summed E-state index contributed by atoms with van der Waals surface area (Å²) in [5, 5.41) is 0. The number of ether oxygens (including phenoxy) is 1. The van der Waals surface area contributed by atoms with E-state index in [1.54, 1.807) is 19.2 Å². The molecule has 13 heavy (non-hydrogen) atoms. The zero-order valence-corrected chi connectivity index (χ0v) is 7.78. The number of rotatable bonds is 3. The fourth-order valence-electron chi connectivity index (χ4n) is 0.927. The number of aryl methyl sites for hydroxylation is 1. The van der Waals surface area contributed by atoms with E-state index in [0.29, 0.717) is 12.4 Å². The quantitative estimate of drug-likeness (QED) is 0.648. The predicted octanol–water partition coefficient (Wildman–Crippen LogP) is 0.891. The van der Waals surface area contributed by atoms with Crippen LogP contribution in [0.15, 0.2) is 12.3 Å². The molecule has 0 spiro atoms. The van der Waals surface area contributed by atoms with E-state index in [0.717, 1.165) is 5.69 Å². The molecule has 0 unspecified atom stereocenters. The van der Waals surface area contributed by atoms with Crippen molar-refractivity contribution >= 4 is 5.97 Å². The molecule has 0 aliphatic carbocycles. The second-order valence-corrected chi connectivity index (χ2v) is 2.60. The summed E-state index contributed by atoms with van der Waals surface area (Å²) in [5.41, 5.74) is 0.856. The maximum Gasteiger partial charge on any atom is 0.313 e. The molecule has 0 saturated carbocycles. The largest absolute Gasteiger partial charge is 0.466 e. The summed E-state index contributed by atoms with van der Waals surface area (Å²) in [4.78, 5) is 19.1. The van der Waals surface area contributed by atoms with Crippen LogP contribution >= 0.6 is 0 Å². The number of nitrogens with zero attached hydrogens (tertiary/aromatic N) is 2. The van der Waals surface area contributed by atoms with Gasteiger partial charge in [-0.3, -0.25) is 4.79 Å². The number of carbonyl (C=O) groups excluding carboxylic acids is 1. The molecule has 4 heteroatoms. The molecule has 1 aromatic heterocycles. The zero-order valence-electron chi connectivity index (χ0n) is 7.78. The Morgan fingerprint density at radius 2 is 2.38 bits per heavy atom. The Morgan fingerprint density at radius 1 is 1.62 bits per heavy atom. The van der Waals surface area contributed by atoms with E-state index < -0.39 is 0 Å². The summed E-state index contributed by atoms with van der Waals surface area (Å²) in [5.74, 6) is 0.228. The van der Waals surface area contributed by atoms with Gasteiger partial charge in [-0.05, 0) is 19.9 Å². The lowest BCUT2D eigenvalue weighted by Crippen LogP contribution is -2.10. The molecule has 0 bridgehead atoms. The Kier molecular flexibility index (Phi) is 3.37. The molecule has 1 aromatic rings. The summed E-state index contributed by atoms with van der Waals surface area (Å²) >= 11 is 0. The average molecular weight is 180 g/mol. The molecule has 0 atom stereocenters. The van der Waals surface area contributed by atoms with E-state index in [4.69, 9.17) is 4.74 Å². The molecular weight excluding hydrogens is 168 g/mol. The van der Waals surface area contributed by atoms with Crippen molar-refractivity contribution in [3.8, 4) is 0 Å². The van der Waals surface area contributed by atoms with Crippen molar-refractivity contribution in [1.82, 2.24) is 9.97 Å². The highest BCUT2D eigenvalue weighted by molar-refractivity contribution is 5.71. The maximum absolute atomic E-state index is 11.0. The van der Waals surface area contributed by atoms with Gasteiger partial charge in [0.1, 0.15) is 12.2 Å². The van der Waals surface area contributed by atoms with Gasteiger partial charge in [0.2, 0.25) is 0 Å². The molecule has 0 amide bonds. The van der Waals surface area contributed by atoms with Crippen LogP contribution in [-0.4, -0.2) is 22.5 Å². The third-order valence-electron chi connectivity index (χ3n) is 1.45. The van der Waals surface area contributed by atoms with Crippen molar-refractivity contribution in [1.29, 1.82) is 0 Å². The van der Waals surface area contributed by atoms with Gasteiger partial charge in [0.15, 0.2) is 0 Å². The van der Waals surface area contributed by atoms with E-state index in [2.05, 4.69) is 9.97 Å². The molecule has 0 radical (unpaired) electrons. The molecule has 0 N–H and O–H groups in total. The van der Waals surface area contributed by atoms with Crippen LogP contribution in [-0.2, 0) is 16.0 Å². The molecule has 0 aliphatic rings. The van der Waals surface area contributed by atoms with E-state index in [9.17, 15) is 4.79 Å².